The minimum atomic E-state index is -4.53. The van der Waals surface area contributed by atoms with Gasteiger partial charge in [-0.3, -0.25) is 4.79 Å². The van der Waals surface area contributed by atoms with Crippen molar-refractivity contribution < 1.29 is 23.1 Å². The molecule has 2 rings (SSSR count). The summed E-state index contributed by atoms with van der Waals surface area (Å²) in [4.78, 5) is 15.9. The van der Waals surface area contributed by atoms with Crippen molar-refractivity contribution >= 4 is 11.8 Å². The molecule has 2 heterocycles. The van der Waals surface area contributed by atoms with E-state index >= 15 is 0 Å². The monoisotopic (exact) mass is 275 g/mol. The maximum atomic E-state index is 12.5. The van der Waals surface area contributed by atoms with Gasteiger partial charge in [-0.25, -0.2) is 4.98 Å². The highest BCUT2D eigenvalue weighted by atomic mass is 19.4. The van der Waals surface area contributed by atoms with Crippen LogP contribution in [-0.2, 0) is 11.0 Å². The molecule has 1 fully saturated rings. The van der Waals surface area contributed by atoms with Crippen molar-refractivity contribution in [3.05, 3.63) is 23.9 Å². The van der Waals surface area contributed by atoms with Crippen molar-refractivity contribution in [3.8, 4) is 0 Å². The number of nitrogens with zero attached hydrogens (tertiary/aromatic N) is 2. The molecule has 5 nitrogen and oxygen atoms in total. The minimum absolute atomic E-state index is 0.0589. The van der Waals surface area contributed by atoms with Crippen LogP contribution >= 0.6 is 0 Å². The summed E-state index contributed by atoms with van der Waals surface area (Å²) in [6, 6.07) is 3.51. The molecule has 1 aromatic rings. The van der Waals surface area contributed by atoms with Gasteiger partial charge in [0.1, 0.15) is 17.1 Å². The van der Waals surface area contributed by atoms with E-state index in [0.29, 0.717) is 0 Å². The largest absolute Gasteiger partial charge is 0.480 e. The lowest BCUT2D eigenvalue weighted by Gasteiger charge is -2.21. The number of hydrogen-bond donors (Lipinski definition) is 2. The van der Waals surface area contributed by atoms with Crippen LogP contribution in [0.15, 0.2) is 18.2 Å². The molecule has 1 saturated heterocycles. The summed E-state index contributed by atoms with van der Waals surface area (Å²) in [6.07, 6.45) is -4.36. The summed E-state index contributed by atoms with van der Waals surface area (Å²) in [5.41, 5.74) is 3.22. The fraction of sp³-hybridized carbons (Fsp3) is 0.455. The second-order valence-corrected chi connectivity index (χ2v) is 4.51. The predicted molar refractivity (Wildman–Crippen MR) is 60.6 cm³/mol. The summed E-state index contributed by atoms with van der Waals surface area (Å²) in [7, 11) is 0. The third-order valence-corrected chi connectivity index (χ3v) is 3.08. The topological polar surface area (TPSA) is 79.5 Å². The average Bonchev–Trinajstić information content (AvgIpc) is 2.73. The summed E-state index contributed by atoms with van der Waals surface area (Å²) >= 11 is 0. The van der Waals surface area contributed by atoms with Crippen molar-refractivity contribution in [1.82, 2.24) is 4.98 Å². The molecule has 1 aliphatic heterocycles. The first-order valence-corrected chi connectivity index (χ1v) is 5.54. The van der Waals surface area contributed by atoms with E-state index in [1.165, 1.54) is 17.0 Å². The lowest BCUT2D eigenvalue weighted by atomic mass is 10.0. The molecular formula is C11H12F3N3O2. The first-order chi connectivity index (χ1) is 8.72. The number of rotatable bonds is 2. The fourth-order valence-electron chi connectivity index (χ4n) is 1.96. The Balaban J connectivity index is 2.23. The normalized spacial score (nSPS) is 23.7. The Morgan fingerprint density at radius 2 is 2.16 bits per heavy atom. The van der Waals surface area contributed by atoms with E-state index < -0.39 is 23.4 Å². The number of carboxylic acid groups (broad SMARTS) is 1. The Bertz CT molecular complexity index is 506. The van der Waals surface area contributed by atoms with Crippen LogP contribution in [0.5, 0.6) is 0 Å². The van der Waals surface area contributed by atoms with Crippen LogP contribution in [0.2, 0.25) is 0 Å². The van der Waals surface area contributed by atoms with Gasteiger partial charge in [0.25, 0.3) is 0 Å². The minimum Gasteiger partial charge on any atom is -0.480 e. The molecule has 1 aromatic heterocycles. The first-order valence-electron chi connectivity index (χ1n) is 5.54. The maximum absolute atomic E-state index is 12.5. The van der Waals surface area contributed by atoms with Gasteiger partial charge in [-0.15, -0.1) is 0 Å². The number of carboxylic acids is 1. The molecule has 0 aromatic carbocycles. The van der Waals surface area contributed by atoms with Gasteiger partial charge in [-0.2, -0.15) is 13.2 Å². The molecule has 0 spiro atoms. The van der Waals surface area contributed by atoms with E-state index in [4.69, 9.17) is 10.8 Å². The molecule has 0 bridgehead atoms. The summed E-state index contributed by atoms with van der Waals surface area (Å²) < 4.78 is 37.6. The average molecular weight is 275 g/mol. The number of halogens is 3. The van der Waals surface area contributed by atoms with Crippen LogP contribution in [0, 0.1) is 0 Å². The summed E-state index contributed by atoms with van der Waals surface area (Å²) in [5.74, 6) is -1.08. The van der Waals surface area contributed by atoms with E-state index in [1.807, 2.05) is 0 Å². The smallest absolute Gasteiger partial charge is 0.433 e. The van der Waals surface area contributed by atoms with E-state index in [-0.39, 0.29) is 25.3 Å². The molecule has 0 amide bonds. The molecule has 104 valence electrons. The number of anilines is 1. The number of nitrogens with two attached hydrogens (primary N) is 1. The molecule has 0 radical (unpaired) electrons. The van der Waals surface area contributed by atoms with Gasteiger partial charge < -0.3 is 15.7 Å². The molecule has 1 aliphatic rings. The third-order valence-electron chi connectivity index (χ3n) is 3.08. The second-order valence-electron chi connectivity index (χ2n) is 4.51. The number of alkyl halides is 3. The van der Waals surface area contributed by atoms with Crippen molar-refractivity contribution in [1.29, 1.82) is 0 Å². The quantitative estimate of drug-likeness (QED) is 0.844. The number of hydrogen-bond acceptors (Lipinski definition) is 4. The molecular weight excluding hydrogens is 263 g/mol. The SMILES string of the molecule is NC1(C(=O)O)CCN(c2cccc(C(F)(F)F)n2)C1. The Morgan fingerprint density at radius 1 is 1.47 bits per heavy atom. The molecule has 8 heteroatoms. The summed E-state index contributed by atoms with van der Waals surface area (Å²) in [6.45, 7) is 0.202. The lowest BCUT2D eigenvalue weighted by Crippen LogP contribution is -2.50. The molecule has 3 N–H and O–H groups in total. The molecule has 0 saturated carbocycles. The zero-order chi connectivity index (χ0) is 14.3. The number of aliphatic carboxylic acids is 1. The number of carbonyl (C=O) groups is 1. The van der Waals surface area contributed by atoms with E-state index in [1.54, 1.807) is 0 Å². The maximum Gasteiger partial charge on any atom is 0.433 e. The zero-order valence-corrected chi connectivity index (χ0v) is 9.81. The molecule has 0 aliphatic carbocycles. The predicted octanol–water partition coefficient (Wildman–Crippen LogP) is 1.09. The van der Waals surface area contributed by atoms with Crippen molar-refractivity contribution in [2.75, 3.05) is 18.0 Å². The van der Waals surface area contributed by atoms with Gasteiger partial charge in [0.15, 0.2) is 0 Å². The highest BCUT2D eigenvalue weighted by Gasteiger charge is 2.42. The Kier molecular flexibility index (Phi) is 3.13. The molecule has 1 unspecified atom stereocenters. The third kappa shape index (κ3) is 2.62. The Hall–Kier alpha value is -1.83. The number of pyridine rings is 1. The van der Waals surface area contributed by atoms with Gasteiger partial charge >= 0.3 is 12.1 Å². The van der Waals surface area contributed by atoms with Crippen LogP contribution in [0.3, 0.4) is 0 Å². The van der Waals surface area contributed by atoms with Crippen LogP contribution < -0.4 is 10.6 Å². The summed E-state index contributed by atoms with van der Waals surface area (Å²) in [5, 5.41) is 8.97. The van der Waals surface area contributed by atoms with E-state index in [2.05, 4.69) is 4.98 Å². The Morgan fingerprint density at radius 3 is 2.68 bits per heavy atom. The van der Waals surface area contributed by atoms with Gasteiger partial charge in [0, 0.05) is 13.1 Å². The first kappa shape index (κ1) is 13.6. The fourth-order valence-corrected chi connectivity index (χ4v) is 1.96. The van der Waals surface area contributed by atoms with E-state index in [9.17, 15) is 18.0 Å². The van der Waals surface area contributed by atoms with Crippen LogP contribution in [0.25, 0.3) is 0 Å². The standard InChI is InChI=1S/C11H12F3N3O2/c12-11(13,14)7-2-1-3-8(16-7)17-5-4-10(15,6-17)9(18)19/h1-3H,4-6,15H2,(H,18,19). The van der Waals surface area contributed by atoms with Crippen LogP contribution in [0.4, 0.5) is 19.0 Å². The van der Waals surface area contributed by atoms with Crippen molar-refractivity contribution in [2.24, 2.45) is 5.73 Å². The van der Waals surface area contributed by atoms with Crippen LogP contribution in [0.1, 0.15) is 12.1 Å². The Labute approximate surface area is 106 Å². The van der Waals surface area contributed by atoms with Crippen molar-refractivity contribution in [3.63, 3.8) is 0 Å². The van der Waals surface area contributed by atoms with Gasteiger partial charge in [-0.05, 0) is 18.6 Å². The number of aromatic nitrogens is 1. The van der Waals surface area contributed by atoms with Gasteiger partial charge in [-0.1, -0.05) is 6.07 Å². The molecule has 19 heavy (non-hydrogen) atoms. The van der Waals surface area contributed by atoms with Crippen LogP contribution in [-0.4, -0.2) is 34.7 Å². The second kappa shape index (κ2) is 4.37. The highest BCUT2D eigenvalue weighted by molar-refractivity contribution is 5.80. The van der Waals surface area contributed by atoms with Gasteiger partial charge in [0.2, 0.25) is 0 Å². The molecule has 1 atom stereocenters. The van der Waals surface area contributed by atoms with E-state index in [0.717, 1.165) is 6.07 Å². The van der Waals surface area contributed by atoms with Gasteiger partial charge in [0.05, 0.1) is 0 Å². The zero-order valence-electron chi connectivity index (χ0n) is 9.81. The highest BCUT2D eigenvalue weighted by Crippen LogP contribution is 2.30. The van der Waals surface area contributed by atoms with Crippen molar-refractivity contribution in [2.45, 2.75) is 18.1 Å². The lowest BCUT2D eigenvalue weighted by molar-refractivity contribution is -0.143.